The van der Waals surface area contributed by atoms with Crippen LogP contribution in [0.3, 0.4) is 0 Å². The van der Waals surface area contributed by atoms with Crippen LogP contribution >= 0.6 is 0 Å². The van der Waals surface area contributed by atoms with Crippen molar-refractivity contribution in [3.63, 3.8) is 0 Å². The van der Waals surface area contributed by atoms with Gasteiger partial charge in [-0.1, -0.05) is 18.2 Å². The molecule has 0 fully saturated rings. The highest BCUT2D eigenvalue weighted by Crippen LogP contribution is 2.27. The minimum Gasteiger partial charge on any atom is -0.322 e. The van der Waals surface area contributed by atoms with Gasteiger partial charge in [0.25, 0.3) is 5.91 Å². The van der Waals surface area contributed by atoms with E-state index < -0.39 is 9.84 Å². The number of rotatable bonds is 2. The summed E-state index contributed by atoms with van der Waals surface area (Å²) in [7, 11) is -3.16. The van der Waals surface area contributed by atoms with E-state index in [1.54, 1.807) is 24.3 Å². The summed E-state index contributed by atoms with van der Waals surface area (Å²) in [4.78, 5) is 12.7. The molecule has 0 aliphatic carbocycles. The van der Waals surface area contributed by atoms with Crippen molar-refractivity contribution in [2.75, 3.05) is 11.1 Å². The predicted molar refractivity (Wildman–Crippen MR) is 85.9 cm³/mol. The van der Waals surface area contributed by atoms with Crippen LogP contribution in [0.1, 0.15) is 27.9 Å². The number of fused-ring (bicyclic) bond motifs is 1. The summed E-state index contributed by atoms with van der Waals surface area (Å²) in [6.45, 7) is 1.88. The highest BCUT2D eigenvalue weighted by Gasteiger charge is 2.23. The van der Waals surface area contributed by atoms with Crippen LogP contribution in [0.15, 0.2) is 47.4 Å². The van der Waals surface area contributed by atoms with E-state index in [0.29, 0.717) is 22.6 Å². The number of anilines is 1. The fourth-order valence-corrected chi connectivity index (χ4v) is 4.32. The number of carbonyl (C=O) groups excluding carboxylic acids is 1. The van der Waals surface area contributed by atoms with Crippen LogP contribution in [0.4, 0.5) is 5.69 Å². The Morgan fingerprint density at radius 1 is 1.14 bits per heavy atom. The maximum Gasteiger partial charge on any atom is 0.255 e. The van der Waals surface area contributed by atoms with E-state index in [1.807, 2.05) is 25.1 Å². The van der Waals surface area contributed by atoms with Gasteiger partial charge in [0.1, 0.15) is 0 Å². The lowest BCUT2D eigenvalue weighted by Gasteiger charge is -2.17. The molecule has 0 aromatic heterocycles. The molecule has 2 aromatic carbocycles. The molecule has 1 amide bonds. The smallest absolute Gasteiger partial charge is 0.255 e. The van der Waals surface area contributed by atoms with E-state index in [2.05, 4.69) is 5.32 Å². The monoisotopic (exact) mass is 315 g/mol. The minimum absolute atomic E-state index is 0.184. The highest BCUT2D eigenvalue weighted by molar-refractivity contribution is 7.91. The van der Waals surface area contributed by atoms with Gasteiger partial charge in [0, 0.05) is 11.3 Å². The van der Waals surface area contributed by atoms with Crippen LogP contribution < -0.4 is 5.32 Å². The number of carbonyl (C=O) groups is 1. The molecular formula is C17H17NO3S. The summed E-state index contributed by atoms with van der Waals surface area (Å²) >= 11 is 0. The largest absolute Gasteiger partial charge is 0.322 e. The molecule has 0 spiro atoms. The number of benzene rings is 2. The zero-order valence-electron chi connectivity index (χ0n) is 12.3. The number of hydrogen-bond acceptors (Lipinski definition) is 3. The van der Waals surface area contributed by atoms with Crippen molar-refractivity contribution in [3.05, 3.63) is 59.2 Å². The van der Waals surface area contributed by atoms with Crippen molar-refractivity contribution in [2.24, 2.45) is 0 Å². The Morgan fingerprint density at radius 2 is 1.91 bits per heavy atom. The molecule has 0 bridgehead atoms. The van der Waals surface area contributed by atoms with Gasteiger partial charge in [-0.25, -0.2) is 8.42 Å². The average Bonchev–Trinajstić information content (AvgIpc) is 2.47. The molecule has 0 radical (unpaired) electrons. The van der Waals surface area contributed by atoms with Gasteiger partial charge in [0.05, 0.1) is 10.6 Å². The molecule has 114 valence electrons. The molecule has 5 heteroatoms. The van der Waals surface area contributed by atoms with Gasteiger partial charge in [-0.3, -0.25) is 4.79 Å². The molecule has 0 saturated carbocycles. The second-order valence-electron chi connectivity index (χ2n) is 5.51. The van der Waals surface area contributed by atoms with Crippen molar-refractivity contribution >= 4 is 21.4 Å². The van der Waals surface area contributed by atoms with Crippen molar-refractivity contribution in [2.45, 2.75) is 24.7 Å². The van der Waals surface area contributed by atoms with Crippen LogP contribution in [0.5, 0.6) is 0 Å². The van der Waals surface area contributed by atoms with Crippen LogP contribution in [0, 0.1) is 6.92 Å². The first kappa shape index (κ1) is 14.8. The Labute approximate surface area is 130 Å². The second-order valence-corrected chi connectivity index (χ2v) is 7.59. The van der Waals surface area contributed by atoms with Gasteiger partial charge in [-0.15, -0.1) is 0 Å². The Morgan fingerprint density at radius 3 is 2.68 bits per heavy atom. The van der Waals surface area contributed by atoms with Crippen molar-refractivity contribution in [1.29, 1.82) is 0 Å². The molecule has 4 nitrogen and oxygen atoms in total. The van der Waals surface area contributed by atoms with Gasteiger partial charge < -0.3 is 5.32 Å². The second kappa shape index (κ2) is 5.57. The molecule has 22 heavy (non-hydrogen) atoms. The topological polar surface area (TPSA) is 63.2 Å². The third-order valence-electron chi connectivity index (χ3n) is 3.90. The first-order valence-electron chi connectivity index (χ1n) is 7.20. The lowest BCUT2D eigenvalue weighted by molar-refractivity contribution is 0.102. The summed E-state index contributed by atoms with van der Waals surface area (Å²) in [6.07, 6.45) is 1.35. The maximum absolute atomic E-state index is 12.3. The molecule has 1 heterocycles. The first-order chi connectivity index (χ1) is 10.5. The van der Waals surface area contributed by atoms with Crippen molar-refractivity contribution in [3.8, 4) is 0 Å². The molecule has 0 unspecified atom stereocenters. The quantitative estimate of drug-likeness (QED) is 0.926. The first-order valence-corrected chi connectivity index (χ1v) is 8.85. The van der Waals surface area contributed by atoms with Gasteiger partial charge in [0.15, 0.2) is 9.84 Å². The van der Waals surface area contributed by atoms with Crippen molar-refractivity contribution < 1.29 is 13.2 Å². The van der Waals surface area contributed by atoms with E-state index >= 15 is 0 Å². The zero-order valence-corrected chi connectivity index (χ0v) is 13.1. The van der Waals surface area contributed by atoms with E-state index in [0.717, 1.165) is 17.5 Å². The number of sulfone groups is 1. The summed E-state index contributed by atoms with van der Waals surface area (Å²) in [6, 6.07) is 12.4. The SMILES string of the molecule is Cc1ccccc1C(=O)Nc1ccc2c(c1)CCCS2(=O)=O. The van der Waals surface area contributed by atoms with Gasteiger partial charge in [-0.05, 0) is 55.2 Å². The molecule has 3 rings (SSSR count). The maximum atomic E-state index is 12.3. The number of nitrogens with one attached hydrogen (secondary N) is 1. The molecule has 2 aromatic rings. The standard InChI is InChI=1S/C17H17NO3S/c1-12-5-2-3-7-15(12)17(19)18-14-8-9-16-13(11-14)6-4-10-22(16,20)21/h2-3,5,7-9,11H,4,6,10H2,1H3,(H,18,19). The van der Waals surface area contributed by atoms with Gasteiger partial charge in [0.2, 0.25) is 0 Å². The average molecular weight is 315 g/mol. The van der Waals surface area contributed by atoms with Crippen molar-refractivity contribution in [1.82, 2.24) is 0 Å². The summed E-state index contributed by atoms with van der Waals surface area (Å²) in [5.41, 5.74) is 2.94. The van der Waals surface area contributed by atoms with Gasteiger partial charge >= 0.3 is 0 Å². The Hall–Kier alpha value is -2.14. The third-order valence-corrected chi connectivity index (χ3v) is 5.80. The Balaban J connectivity index is 1.88. The van der Waals surface area contributed by atoms with E-state index in [-0.39, 0.29) is 11.7 Å². The van der Waals surface area contributed by atoms with Crippen LogP contribution in [-0.4, -0.2) is 20.1 Å². The Kier molecular flexibility index (Phi) is 3.74. The van der Waals surface area contributed by atoms with Crippen LogP contribution in [0.25, 0.3) is 0 Å². The third kappa shape index (κ3) is 2.76. The molecule has 1 N–H and O–H groups in total. The van der Waals surface area contributed by atoms with Gasteiger partial charge in [-0.2, -0.15) is 0 Å². The Bertz CT molecular complexity index is 841. The molecule has 1 aliphatic rings. The minimum atomic E-state index is -3.16. The number of amides is 1. The lowest BCUT2D eigenvalue weighted by atomic mass is 10.1. The van der Waals surface area contributed by atoms with E-state index in [1.165, 1.54) is 0 Å². The summed E-state index contributed by atoms with van der Waals surface area (Å²) < 4.78 is 24.0. The van der Waals surface area contributed by atoms with Crippen LogP contribution in [0.2, 0.25) is 0 Å². The fraction of sp³-hybridized carbons (Fsp3) is 0.235. The summed E-state index contributed by atoms with van der Waals surface area (Å²) in [5, 5.41) is 2.84. The summed E-state index contributed by atoms with van der Waals surface area (Å²) in [5.74, 6) is 0.0197. The number of hydrogen-bond donors (Lipinski definition) is 1. The van der Waals surface area contributed by atoms with E-state index in [9.17, 15) is 13.2 Å². The molecule has 0 saturated heterocycles. The fourth-order valence-electron chi connectivity index (χ4n) is 2.74. The lowest BCUT2D eigenvalue weighted by Crippen LogP contribution is -2.17. The normalized spacial score (nSPS) is 15.9. The molecule has 1 aliphatic heterocycles. The van der Waals surface area contributed by atoms with E-state index in [4.69, 9.17) is 0 Å². The highest BCUT2D eigenvalue weighted by atomic mass is 32.2. The zero-order chi connectivity index (χ0) is 15.7. The molecular weight excluding hydrogens is 298 g/mol. The predicted octanol–water partition coefficient (Wildman–Crippen LogP) is 2.97. The molecule has 0 atom stereocenters. The van der Waals surface area contributed by atoms with Crippen LogP contribution in [-0.2, 0) is 16.3 Å². The number of aryl methyl sites for hydroxylation is 2.